The first kappa shape index (κ1) is 6.13. The van der Waals surface area contributed by atoms with E-state index in [1.807, 2.05) is 0 Å². The maximum atomic E-state index is 5.36. The highest BCUT2D eigenvalue weighted by molar-refractivity contribution is 7.78. The molecule has 2 N–H and O–H groups in total. The molecule has 1 heterocycles. The van der Waals surface area contributed by atoms with Gasteiger partial charge < -0.3 is 5.73 Å². The Morgan fingerprint density at radius 3 is 2.44 bits per heavy atom. The summed E-state index contributed by atoms with van der Waals surface area (Å²) in [4.78, 5) is 7.66. The molecule has 0 aromatic heterocycles. The molecular weight excluding hydrogens is 134 g/mol. The van der Waals surface area contributed by atoms with E-state index in [-0.39, 0.29) is 0 Å². The van der Waals surface area contributed by atoms with Crippen molar-refractivity contribution in [3.63, 3.8) is 0 Å². The van der Waals surface area contributed by atoms with Crippen molar-refractivity contribution < 1.29 is 0 Å². The third-order valence-electron chi connectivity index (χ3n) is 0.962. The summed E-state index contributed by atoms with van der Waals surface area (Å²) >= 11 is 4.46. The van der Waals surface area contributed by atoms with Crippen molar-refractivity contribution in [3.05, 3.63) is 5.82 Å². The minimum atomic E-state index is 0.403. The average molecular weight is 139 g/mol. The fourth-order valence-electron chi connectivity index (χ4n) is 0.482. The zero-order valence-electron chi connectivity index (χ0n) is 4.88. The van der Waals surface area contributed by atoms with E-state index in [9.17, 15) is 0 Å². The van der Waals surface area contributed by atoms with E-state index in [1.165, 1.54) is 0 Å². The second-order valence-corrected chi connectivity index (χ2v) is 1.82. The van der Waals surface area contributed by atoms with Gasteiger partial charge in [0.2, 0.25) is 5.82 Å². The van der Waals surface area contributed by atoms with Crippen molar-refractivity contribution in [2.24, 2.45) is 15.7 Å². The highest BCUT2D eigenvalue weighted by Crippen LogP contribution is 2.02. The van der Waals surface area contributed by atoms with E-state index in [1.54, 1.807) is 6.92 Å². The fourth-order valence-corrected chi connectivity index (χ4v) is 0.573. The van der Waals surface area contributed by atoms with Crippen molar-refractivity contribution in [2.45, 2.75) is 6.92 Å². The van der Waals surface area contributed by atoms with Crippen LogP contribution in [0.3, 0.4) is 0 Å². The topological polar surface area (TPSA) is 50.7 Å². The summed E-state index contributed by atoms with van der Waals surface area (Å²) in [5.74, 6) is 0.836. The number of amidine groups is 1. The lowest BCUT2D eigenvalue weighted by molar-refractivity contribution is 1.32. The van der Waals surface area contributed by atoms with E-state index in [0.29, 0.717) is 17.4 Å². The Hall–Kier alpha value is -0.990. The Kier molecular flexibility index (Phi) is 1.42. The number of aliphatic imine (C=N–C) groups is 2. The Morgan fingerprint density at radius 1 is 1.56 bits per heavy atom. The number of hydrogen-bond donors (Lipinski definition) is 1. The van der Waals surface area contributed by atoms with Gasteiger partial charge in [-0.1, -0.05) is 0 Å². The molecule has 0 spiro atoms. The van der Waals surface area contributed by atoms with Crippen LogP contribution in [-0.2, 0) is 0 Å². The molecule has 1 aliphatic rings. The lowest BCUT2D eigenvalue weighted by atomic mass is 10.4. The van der Waals surface area contributed by atoms with Crippen molar-refractivity contribution in [3.8, 4) is 0 Å². The Labute approximate surface area is 58.0 Å². The van der Waals surface area contributed by atoms with Gasteiger partial charge in [-0.2, -0.15) is 0 Å². The van der Waals surface area contributed by atoms with Gasteiger partial charge in [0.25, 0.3) is 0 Å². The second-order valence-electron chi connectivity index (χ2n) is 1.62. The number of rotatable bonds is 0. The molecule has 0 fully saturated rings. The van der Waals surface area contributed by atoms with Gasteiger partial charge in [0.05, 0.1) is 5.71 Å². The lowest BCUT2D eigenvalue weighted by Gasteiger charge is -1.82. The maximum Gasteiger partial charge on any atom is 0.210 e. The first-order valence-electron chi connectivity index (χ1n) is 2.39. The Morgan fingerprint density at radius 2 is 2.22 bits per heavy atom. The molecule has 1 rings (SSSR count). The molecule has 0 saturated carbocycles. The fraction of sp³-hybridized carbons (Fsp3) is 0.200. The van der Waals surface area contributed by atoms with Crippen LogP contribution >= 0.6 is 12.2 Å². The van der Waals surface area contributed by atoms with Crippen molar-refractivity contribution >= 4 is 28.8 Å². The molecule has 0 amide bonds. The van der Waals surface area contributed by atoms with Crippen molar-refractivity contribution in [1.29, 1.82) is 0 Å². The van der Waals surface area contributed by atoms with Crippen LogP contribution in [0.15, 0.2) is 15.8 Å². The molecule has 9 heavy (non-hydrogen) atoms. The standard InChI is InChI=1S/C5H5N3S/c1-3-5(6)8-4(2-9)7-3/h1H3,(H2,6,8). The quantitative estimate of drug-likeness (QED) is 0.489. The molecule has 46 valence electrons. The maximum absolute atomic E-state index is 5.36. The summed E-state index contributed by atoms with van der Waals surface area (Å²) < 4.78 is 0. The van der Waals surface area contributed by atoms with Gasteiger partial charge in [0, 0.05) is 5.02 Å². The largest absolute Gasteiger partial charge is 0.382 e. The van der Waals surface area contributed by atoms with Gasteiger partial charge in [-0.3, -0.25) is 0 Å². The highest BCUT2D eigenvalue weighted by Gasteiger charge is 2.06. The van der Waals surface area contributed by atoms with Gasteiger partial charge in [-0.05, 0) is 19.1 Å². The molecule has 0 unspecified atom stereocenters. The predicted molar refractivity (Wildman–Crippen MR) is 40.8 cm³/mol. The minimum absolute atomic E-state index is 0.403. The van der Waals surface area contributed by atoms with Gasteiger partial charge >= 0.3 is 0 Å². The van der Waals surface area contributed by atoms with Crippen molar-refractivity contribution in [1.82, 2.24) is 0 Å². The molecule has 4 heteroatoms. The average Bonchev–Trinajstić information content (AvgIpc) is 2.13. The molecule has 0 radical (unpaired) electrons. The first-order chi connectivity index (χ1) is 4.24. The van der Waals surface area contributed by atoms with Crippen LogP contribution in [0.1, 0.15) is 6.92 Å². The summed E-state index contributed by atoms with van der Waals surface area (Å²) in [7, 11) is 0. The van der Waals surface area contributed by atoms with Gasteiger partial charge in [-0.25, -0.2) is 9.98 Å². The predicted octanol–water partition coefficient (Wildman–Crippen LogP) is 0.258. The summed E-state index contributed by atoms with van der Waals surface area (Å²) in [6.07, 6.45) is 0. The SMILES string of the molecule is CC1=NC(=C=S)N=C1N. The molecule has 0 saturated heterocycles. The molecule has 3 nitrogen and oxygen atoms in total. The van der Waals surface area contributed by atoms with Gasteiger partial charge in [0.1, 0.15) is 5.84 Å². The first-order valence-corrected chi connectivity index (χ1v) is 2.80. The Balaban J connectivity index is 3.10. The molecule has 0 atom stereocenters. The van der Waals surface area contributed by atoms with Crippen LogP contribution < -0.4 is 5.73 Å². The zero-order valence-corrected chi connectivity index (χ0v) is 5.70. The van der Waals surface area contributed by atoms with E-state index in [2.05, 4.69) is 27.2 Å². The number of hydrogen-bond acceptors (Lipinski definition) is 4. The van der Waals surface area contributed by atoms with E-state index >= 15 is 0 Å². The molecule has 0 aliphatic carbocycles. The normalized spacial score (nSPS) is 16.8. The van der Waals surface area contributed by atoms with E-state index in [0.717, 1.165) is 0 Å². The van der Waals surface area contributed by atoms with Gasteiger partial charge in [0.15, 0.2) is 0 Å². The molecule has 0 aromatic carbocycles. The monoisotopic (exact) mass is 139 g/mol. The van der Waals surface area contributed by atoms with E-state index < -0.39 is 0 Å². The number of nitrogens with two attached hydrogens (primary N) is 1. The van der Waals surface area contributed by atoms with Crippen LogP contribution in [0.2, 0.25) is 0 Å². The van der Waals surface area contributed by atoms with E-state index in [4.69, 9.17) is 5.73 Å². The molecule has 0 bridgehead atoms. The van der Waals surface area contributed by atoms with Gasteiger partial charge in [-0.15, -0.1) is 0 Å². The van der Waals surface area contributed by atoms with Crippen LogP contribution in [0, 0.1) is 0 Å². The zero-order chi connectivity index (χ0) is 6.85. The Bertz CT molecular complexity index is 225. The third kappa shape index (κ3) is 1.04. The third-order valence-corrected chi connectivity index (χ3v) is 1.14. The molecule has 0 aromatic rings. The number of nitrogens with zero attached hydrogens (tertiary/aromatic N) is 2. The molecular formula is C5H5N3S. The second kappa shape index (κ2) is 2.09. The minimum Gasteiger partial charge on any atom is -0.382 e. The smallest absolute Gasteiger partial charge is 0.210 e. The lowest BCUT2D eigenvalue weighted by Crippen LogP contribution is -2.17. The van der Waals surface area contributed by atoms with Crippen LogP contribution in [-0.4, -0.2) is 16.6 Å². The van der Waals surface area contributed by atoms with Crippen LogP contribution in [0.5, 0.6) is 0 Å². The highest BCUT2D eigenvalue weighted by atomic mass is 32.1. The summed E-state index contributed by atoms with van der Waals surface area (Å²) in [6, 6.07) is 0. The summed E-state index contributed by atoms with van der Waals surface area (Å²) in [5.41, 5.74) is 6.07. The molecule has 1 aliphatic heterocycles. The summed E-state index contributed by atoms with van der Waals surface area (Å²) in [6.45, 7) is 1.78. The summed E-state index contributed by atoms with van der Waals surface area (Å²) in [5, 5.41) is 2.37. The number of thiocarbonyl (C=S) groups is 1. The van der Waals surface area contributed by atoms with Crippen LogP contribution in [0.4, 0.5) is 0 Å². The van der Waals surface area contributed by atoms with Crippen molar-refractivity contribution in [2.75, 3.05) is 0 Å². The van der Waals surface area contributed by atoms with Crippen LogP contribution in [0.25, 0.3) is 0 Å².